The zero-order valence-electron chi connectivity index (χ0n) is 15.5. The highest BCUT2D eigenvalue weighted by Gasteiger charge is 2.14. The summed E-state index contributed by atoms with van der Waals surface area (Å²) in [5, 5.41) is 9.30. The quantitative estimate of drug-likeness (QED) is 0.682. The van der Waals surface area contributed by atoms with E-state index < -0.39 is 0 Å². The molecule has 0 saturated carbocycles. The SMILES string of the molecule is C=Nc1cc(N(CCCO)c2cc(OC)cc(OC)c2)ccc1N=CC. The van der Waals surface area contributed by atoms with Crippen LogP contribution in [0.25, 0.3) is 0 Å². The van der Waals surface area contributed by atoms with Crippen LogP contribution in [0.3, 0.4) is 0 Å². The Labute approximate surface area is 154 Å². The zero-order chi connectivity index (χ0) is 18.9. The van der Waals surface area contributed by atoms with Gasteiger partial charge in [-0.3, -0.25) is 9.98 Å². The second-order valence-electron chi connectivity index (χ2n) is 5.52. The number of anilines is 2. The first-order valence-corrected chi connectivity index (χ1v) is 8.37. The second kappa shape index (κ2) is 9.58. The van der Waals surface area contributed by atoms with E-state index >= 15 is 0 Å². The Morgan fingerprint density at radius 3 is 2.27 bits per heavy atom. The van der Waals surface area contributed by atoms with Crippen LogP contribution in [0.4, 0.5) is 22.7 Å². The molecule has 0 spiro atoms. The molecule has 0 amide bonds. The molecule has 6 nitrogen and oxygen atoms in total. The van der Waals surface area contributed by atoms with Crippen molar-refractivity contribution in [2.45, 2.75) is 13.3 Å². The van der Waals surface area contributed by atoms with Gasteiger partial charge in [-0.1, -0.05) is 0 Å². The van der Waals surface area contributed by atoms with Gasteiger partial charge in [0.25, 0.3) is 0 Å². The van der Waals surface area contributed by atoms with Crippen LogP contribution in [0.2, 0.25) is 0 Å². The van der Waals surface area contributed by atoms with Crippen molar-refractivity contribution in [1.29, 1.82) is 0 Å². The summed E-state index contributed by atoms with van der Waals surface area (Å²) in [7, 11) is 3.24. The summed E-state index contributed by atoms with van der Waals surface area (Å²) in [5.41, 5.74) is 3.28. The number of methoxy groups -OCH3 is 2. The lowest BCUT2D eigenvalue weighted by Gasteiger charge is -2.26. The molecule has 0 aliphatic heterocycles. The first-order valence-electron chi connectivity index (χ1n) is 8.37. The Morgan fingerprint density at radius 2 is 1.73 bits per heavy atom. The van der Waals surface area contributed by atoms with Crippen molar-refractivity contribution in [2.75, 3.05) is 32.3 Å². The van der Waals surface area contributed by atoms with E-state index in [1.54, 1.807) is 20.4 Å². The highest BCUT2D eigenvalue weighted by molar-refractivity contribution is 5.77. The van der Waals surface area contributed by atoms with Gasteiger partial charge in [-0.15, -0.1) is 0 Å². The Balaban J connectivity index is 2.52. The highest BCUT2D eigenvalue weighted by Crippen LogP contribution is 2.37. The predicted octanol–water partition coefficient (Wildman–Crippen LogP) is 4.28. The van der Waals surface area contributed by atoms with Crippen LogP contribution in [0.5, 0.6) is 11.5 Å². The maximum Gasteiger partial charge on any atom is 0.124 e. The fourth-order valence-corrected chi connectivity index (χ4v) is 2.64. The molecular formula is C20H25N3O3. The van der Waals surface area contributed by atoms with E-state index in [4.69, 9.17) is 9.47 Å². The van der Waals surface area contributed by atoms with E-state index in [-0.39, 0.29) is 6.61 Å². The molecule has 26 heavy (non-hydrogen) atoms. The summed E-state index contributed by atoms with van der Waals surface area (Å²) in [6.45, 7) is 6.22. The molecule has 6 heteroatoms. The Bertz CT molecular complexity index is 753. The van der Waals surface area contributed by atoms with Crippen LogP contribution in [-0.4, -0.2) is 45.4 Å². The van der Waals surface area contributed by atoms with Crippen molar-refractivity contribution >= 4 is 35.7 Å². The lowest BCUT2D eigenvalue weighted by atomic mass is 10.1. The zero-order valence-corrected chi connectivity index (χ0v) is 15.5. The second-order valence-corrected chi connectivity index (χ2v) is 5.52. The number of ether oxygens (including phenoxy) is 2. The maximum atomic E-state index is 9.30. The first kappa shape index (κ1) is 19.5. The van der Waals surface area contributed by atoms with E-state index in [0.29, 0.717) is 30.2 Å². The van der Waals surface area contributed by atoms with Crippen molar-refractivity contribution < 1.29 is 14.6 Å². The summed E-state index contributed by atoms with van der Waals surface area (Å²) in [5.74, 6) is 1.39. The van der Waals surface area contributed by atoms with Crippen molar-refractivity contribution in [3.63, 3.8) is 0 Å². The van der Waals surface area contributed by atoms with Gasteiger partial charge >= 0.3 is 0 Å². The van der Waals surface area contributed by atoms with Gasteiger partial charge in [0.05, 0.1) is 25.6 Å². The maximum absolute atomic E-state index is 9.30. The van der Waals surface area contributed by atoms with Gasteiger partial charge in [-0.05, 0) is 38.3 Å². The van der Waals surface area contributed by atoms with Crippen molar-refractivity contribution in [3.8, 4) is 11.5 Å². The molecule has 0 aliphatic rings. The third-order valence-electron chi connectivity index (χ3n) is 3.90. The number of aliphatic hydroxyl groups is 1. The Hall–Kier alpha value is -2.86. The number of hydrogen-bond donors (Lipinski definition) is 1. The molecule has 2 aromatic rings. The molecule has 0 aromatic heterocycles. The molecule has 0 aliphatic carbocycles. The average molecular weight is 355 g/mol. The van der Waals surface area contributed by atoms with E-state index in [9.17, 15) is 5.11 Å². The van der Waals surface area contributed by atoms with E-state index in [1.165, 1.54) is 0 Å². The number of rotatable bonds is 9. The summed E-state index contributed by atoms with van der Waals surface area (Å²) in [4.78, 5) is 10.5. The van der Waals surface area contributed by atoms with Crippen LogP contribution in [0, 0.1) is 0 Å². The lowest BCUT2D eigenvalue weighted by Crippen LogP contribution is -2.19. The molecule has 2 rings (SSSR count). The Kier molecular flexibility index (Phi) is 7.17. The van der Waals surface area contributed by atoms with Gasteiger partial charge in [0.2, 0.25) is 0 Å². The smallest absolute Gasteiger partial charge is 0.124 e. The summed E-state index contributed by atoms with van der Waals surface area (Å²) in [6, 6.07) is 11.5. The molecule has 0 radical (unpaired) electrons. The molecule has 0 bridgehead atoms. The molecule has 0 unspecified atom stereocenters. The molecular weight excluding hydrogens is 330 g/mol. The van der Waals surface area contributed by atoms with Gasteiger partial charge < -0.3 is 19.5 Å². The highest BCUT2D eigenvalue weighted by atomic mass is 16.5. The van der Waals surface area contributed by atoms with Gasteiger partial charge in [-0.2, -0.15) is 0 Å². The van der Waals surface area contributed by atoms with Crippen LogP contribution < -0.4 is 14.4 Å². The van der Waals surface area contributed by atoms with Gasteiger partial charge in [-0.25, -0.2) is 0 Å². The van der Waals surface area contributed by atoms with Crippen LogP contribution in [0.1, 0.15) is 13.3 Å². The molecule has 138 valence electrons. The van der Waals surface area contributed by atoms with Crippen molar-refractivity contribution in [3.05, 3.63) is 36.4 Å². The largest absolute Gasteiger partial charge is 0.497 e. The number of aliphatic imine (C=N–C) groups is 2. The van der Waals surface area contributed by atoms with Gasteiger partial charge in [0.15, 0.2) is 0 Å². The fourth-order valence-electron chi connectivity index (χ4n) is 2.64. The first-order chi connectivity index (χ1) is 12.7. The topological polar surface area (TPSA) is 66.7 Å². The van der Waals surface area contributed by atoms with Gasteiger partial charge in [0.1, 0.15) is 11.5 Å². The van der Waals surface area contributed by atoms with Crippen LogP contribution in [0.15, 0.2) is 46.4 Å². The molecule has 2 aromatic carbocycles. The minimum atomic E-state index is 0.0996. The minimum absolute atomic E-state index is 0.0996. The van der Waals surface area contributed by atoms with E-state index in [2.05, 4.69) is 21.6 Å². The molecule has 0 atom stereocenters. The normalized spacial score (nSPS) is 10.8. The number of nitrogens with zero attached hydrogens (tertiary/aromatic N) is 3. The van der Waals surface area contributed by atoms with E-state index in [1.807, 2.05) is 43.3 Å². The van der Waals surface area contributed by atoms with Crippen molar-refractivity contribution in [2.24, 2.45) is 9.98 Å². The fraction of sp³-hybridized carbons (Fsp3) is 0.300. The standard InChI is InChI=1S/C20H25N3O3/c1-5-22-19-8-7-15(13-20(19)21-2)23(9-6-10-24)16-11-17(25-3)14-18(12-16)26-4/h5,7-8,11-14,24H,2,6,9-10H2,1,3-4H3. The predicted molar refractivity (Wildman–Crippen MR) is 108 cm³/mol. The monoisotopic (exact) mass is 355 g/mol. The molecule has 0 heterocycles. The van der Waals surface area contributed by atoms with Crippen LogP contribution in [-0.2, 0) is 0 Å². The third kappa shape index (κ3) is 4.61. The number of benzene rings is 2. The third-order valence-corrected chi connectivity index (χ3v) is 3.90. The summed E-state index contributed by atoms with van der Waals surface area (Å²) in [6.07, 6.45) is 2.34. The van der Waals surface area contributed by atoms with E-state index in [0.717, 1.165) is 17.1 Å². The van der Waals surface area contributed by atoms with Crippen LogP contribution >= 0.6 is 0 Å². The minimum Gasteiger partial charge on any atom is -0.497 e. The number of hydrogen-bond acceptors (Lipinski definition) is 6. The molecule has 1 N–H and O–H groups in total. The number of aliphatic hydroxyl groups excluding tert-OH is 1. The summed E-state index contributed by atoms with van der Waals surface area (Å²) >= 11 is 0. The lowest BCUT2D eigenvalue weighted by molar-refractivity contribution is 0.291. The summed E-state index contributed by atoms with van der Waals surface area (Å²) < 4.78 is 10.8. The van der Waals surface area contributed by atoms with Crippen molar-refractivity contribution in [1.82, 2.24) is 0 Å². The molecule has 0 fully saturated rings. The molecule has 0 saturated heterocycles. The average Bonchev–Trinajstić information content (AvgIpc) is 2.68. The Morgan fingerprint density at radius 1 is 1.04 bits per heavy atom. The van der Waals surface area contributed by atoms with Gasteiger partial charge in [0, 0.05) is 48.9 Å².